The summed E-state index contributed by atoms with van der Waals surface area (Å²) in [6.07, 6.45) is 2.77. The summed E-state index contributed by atoms with van der Waals surface area (Å²) in [5.74, 6) is 0. The predicted octanol–water partition coefficient (Wildman–Crippen LogP) is 3.79. The van der Waals surface area contributed by atoms with E-state index >= 15 is 0 Å². The third-order valence-electron chi connectivity index (χ3n) is 3.22. The fourth-order valence-electron chi connectivity index (χ4n) is 2.02. The van der Waals surface area contributed by atoms with Crippen molar-refractivity contribution in [2.45, 2.75) is 33.0 Å². The first-order valence-electron chi connectivity index (χ1n) is 6.93. The van der Waals surface area contributed by atoms with Crippen LogP contribution in [0.3, 0.4) is 0 Å². The van der Waals surface area contributed by atoms with Gasteiger partial charge in [-0.25, -0.2) is 0 Å². The quantitative estimate of drug-likeness (QED) is 0.370. The molecule has 0 saturated heterocycles. The topological polar surface area (TPSA) is 27.7 Å². The summed E-state index contributed by atoms with van der Waals surface area (Å²) in [5.41, 5.74) is 1.08. The maximum atomic E-state index is 6.07. The van der Waals surface area contributed by atoms with Crippen LogP contribution in [0.4, 0.5) is 0 Å². The SMILES string of the molecule is C=CC[C@@H](OCc1ccccc1)C(C)(C)COCOC. The van der Waals surface area contributed by atoms with Crippen molar-refractivity contribution in [1.82, 2.24) is 0 Å². The van der Waals surface area contributed by atoms with E-state index in [-0.39, 0.29) is 11.5 Å². The Morgan fingerprint density at radius 3 is 2.55 bits per heavy atom. The number of hydrogen-bond acceptors (Lipinski definition) is 3. The zero-order valence-corrected chi connectivity index (χ0v) is 12.8. The minimum Gasteiger partial charge on any atom is -0.373 e. The summed E-state index contributed by atoms with van der Waals surface area (Å²) < 4.78 is 16.5. The Bertz CT molecular complexity index is 373. The third kappa shape index (κ3) is 5.87. The van der Waals surface area contributed by atoms with Gasteiger partial charge < -0.3 is 14.2 Å². The van der Waals surface area contributed by atoms with Gasteiger partial charge in [0.15, 0.2) is 0 Å². The molecular weight excluding hydrogens is 252 g/mol. The lowest BCUT2D eigenvalue weighted by Crippen LogP contribution is -2.36. The van der Waals surface area contributed by atoms with Crippen LogP contribution in [0.5, 0.6) is 0 Å². The number of methoxy groups -OCH3 is 1. The first-order valence-corrected chi connectivity index (χ1v) is 6.93. The van der Waals surface area contributed by atoms with Gasteiger partial charge in [0.25, 0.3) is 0 Å². The van der Waals surface area contributed by atoms with Crippen molar-refractivity contribution in [3.8, 4) is 0 Å². The Hall–Kier alpha value is -1.16. The van der Waals surface area contributed by atoms with Crippen molar-refractivity contribution in [2.24, 2.45) is 5.41 Å². The van der Waals surface area contributed by atoms with E-state index in [2.05, 4.69) is 32.6 Å². The maximum absolute atomic E-state index is 6.07. The molecule has 0 N–H and O–H groups in total. The van der Waals surface area contributed by atoms with E-state index in [1.165, 1.54) is 5.56 Å². The molecule has 0 aliphatic heterocycles. The first-order chi connectivity index (χ1) is 9.60. The summed E-state index contributed by atoms with van der Waals surface area (Å²) in [4.78, 5) is 0. The van der Waals surface area contributed by atoms with Gasteiger partial charge in [0.1, 0.15) is 6.79 Å². The van der Waals surface area contributed by atoms with Crippen LogP contribution in [0.15, 0.2) is 43.0 Å². The van der Waals surface area contributed by atoms with Crippen molar-refractivity contribution in [3.63, 3.8) is 0 Å². The molecule has 0 fully saturated rings. The highest BCUT2D eigenvalue weighted by atomic mass is 16.7. The lowest BCUT2D eigenvalue weighted by molar-refractivity contribution is -0.106. The molecule has 0 aromatic heterocycles. The van der Waals surface area contributed by atoms with Gasteiger partial charge in [-0.2, -0.15) is 0 Å². The van der Waals surface area contributed by atoms with Crippen molar-refractivity contribution in [1.29, 1.82) is 0 Å². The Kier molecular flexibility index (Phi) is 7.52. The summed E-state index contributed by atoms with van der Waals surface area (Å²) in [7, 11) is 1.63. The minimum absolute atomic E-state index is 0.0667. The Morgan fingerprint density at radius 1 is 1.25 bits per heavy atom. The Labute approximate surface area is 122 Å². The number of ether oxygens (including phenoxy) is 3. The summed E-state index contributed by atoms with van der Waals surface area (Å²) in [5, 5.41) is 0. The smallest absolute Gasteiger partial charge is 0.146 e. The molecule has 3 heteroatoms. The van der Waals surface area contributed by atoms with Crippen molar-refractivity contribution in [3.05, 3.63) is 48.6 Å². The zero-order valence-electron chi connectivity index (χ0n) is 12.8. The molecule has 1 rings (SSSR count). The average Bonchev–Trinajstić information content (AvgIpc) is 2.44. The molecule has 1 aromatic rings. The van der Waals surface area contributed by atoms with Gasteiger partial charge in [0.05, 0.1) is 19.3 Å². The predicted molar refractivity (Wildman–Crippen MR) is 81.4 cm³/mol. The lowest BCUT2D eigenvalue weighted by Gasteiger charge is -2.33. The van der Waals surface area contributed by atoms with E-state index in [9.17, 15) is 0 Å². The third-order valence-corrected chi connectivity index (χ3v) is 3.22. The fraction of sp³-hybridized carbons (Fsp3) is 0.529. The maximum Gasteiger partial charge on any atom is 0.146 e. The fourth-order valence-corrected chi connectivity index (χ4v) is 2.02. The van der Waals surface area contributed by atoms with Crippen LogP contribution in [0.1, 0.15) is 25.8 Å². The minimum atomic E-state index is -0.0957. The van der Waals surface area contributed by atoms with Gasteiger partial charge in [0, 0.05) is 12.5 Å². The van der Waals surface area contributed by atoms with E-state index in [0.29, 0.717) is 20.0 Å². The molecule has 20 heavy (non-hydrogen) atoms. The van der Waals surface area contributed by atoms with Gasteiger partial charge in [0.2, 0.25) is 0 Å². The molecule has 0 spiro atoms. The van der Waals surface area contributed by atoms with Crippen LogP contribution in [-0.4, -0.2) is 26.6 Å². The molecule has 0 saturated carbocycles. The lowest BCUT2D eigenvalue weighted by atomic mass is 9.85. The van der Waals surface area contributed by atoms with E-state index in [0.717, 1.165) is 6.42 Å². The normalized spacial score (nSPS) is 13.2. The van der Waals surface area contributed by atoms with Gasteiger partial charge in [-0.05, 0) is 12.0 Å². The summed E-state index contributed by atoms with van der Waals surface area (Å²) in [6, 6.07) is 10.2. The largest absolute Gasteiger partial charge is 0.373 e. The summed E-state index contributed by atoms with van der Waals surface area (Å²) in [6.45, 7) is 9.61. The molecular formula is C17H26O3. The molecule has 0 bridgehead atoms. The molecule has 1 atom stereocenters. The highest BCUT2D eigenvalue weighted by Gasteiger charge is 2.29. The van der Waals surface area contributed by atoms with Crippen LogP contribution >= 0.6 is 0 Å². The monoisotopic (exact) mass is 278 g/mol. The molecule has 112 valence electrons. The van der Waals surface area contributed by atoms with Gasteiger partial charge >= 0.3 is 0 Å². The van der Waals surface area contributed by atoms with Gasteiger partial charge in [-0.15, -0.1) is 6.58 Å². The Morgan fingerprint density at radius 2 is 1.95 bits per heavy atom. The van der Waals surface area contributed by atoms with Crippen molar-refractivity contribution >= 4 is 0 Å². The van der Waals surface area contributed by atoms with Crippen LogP contribution in [0, 0.1) is 5.41 Å². The standard InChI is InChI=1S/C17H26O3/c1-5-9-16(17(2,3)13-19-14-18-4)20-12-15-10-7-6-8-11-15/h5-8,10-11,16H,1,9,12-14H2,2-4H3/t16-/m1/s1. The molecule has 0 heterocycles. The van der Waals surface area contributed by atoms with Gasteiger partial charge in [-0.3, -0.25) is 0 Å². The van der Waals surface area contributed by atoms with E-state index < -0.39 is 0 Å². The van der Waals surface area contributed by atoms with Crippen LogP contribution in [0.2, 0.25) is 0 Å². The Balaban J connectivity index is 2.55. The van der Waals surface area contributed by atoms with Crippen molar-refractivity contribution in [2.75, 3.05) is 20.5 Å². The second-order valence-corrected chi connectivity index (χ2v) is 5.55. The van der Waals surface area contributed by atoms with E-state index in [1.807, 2.05) is 24.3 Å². The molecule has 3 nitrogen and oxygen atoms in total. The number of hydrogen-bond donors (Lipinski definition) is 0. The molecule has 0 radical (unpaired) electrons. The highest BCUT2D eigenvalue weighted by molar-refractivity contribution is 5.13. The van der Waals surface area contributed by atoms with Crippen LogP contribution in [0.25, 0.3) is 0 Å². The number of benzene rings is 1. The molecule has 0 aliphatic rings. The second-order valence-electron chi connectivity index (χ2n) is 5.55. The van der Waals surface area contributed by atoms with E-state index in [1.54, 1.807) is 7.11 Å². The van der Waals surface area contributed by atoms with Crippen molar-refractivity contribution < 1.29 is 14.2 Å². The van der Waals surface area contributed by atoms with E-state index in [4.69, 9.17) is 14.2 Å². The van der Waals surface area contributed by atoms with Crippen LogP contribution < -0.4 is 0 Å². The molecule has 0 aliphatic carbocycles. The van der Waals surface area contributed by atoms with Gasteiger partial charge in [-0.1, -0.05) is 50.3 Å². The average molecular weight is 278 g/mol. The molecule has 0 unspecified atom stereocenters. The summed E-state index contributed by atoms with van der Waals surface area (Å²) >= 11 is 0. The highest BCUT2D eigenvalue weighted by Crippen LogP contribution is 2.27. The zero-order chi connectivity index (χ0) is 14.8. The molecule has 1 aromatic carbocycles. The number of rotatable bonds is 10. The molecule has 0 amide bonds. The first kappa shape index (κ1) is 16.9. The van der Waals surface area contributed by atoms with Crippen LogP contribution in [-0.2, 0) is 20.8 Å². The second kappa shape index (κ2) is 8.90.